The van der Waals surface area contributed by atoms with E-state index in [1.807, 2.05) is 24.3 Å². The predicted octanol–water partition coefficient (Wildman–Crippen LogP) is 1.42. The first-order valence-corrected chi connectivity index (χ1v) is 5.34. The van der Waals surface area contributed by atoms with Crippen molar-refractivity contribution in [1.29, 1.82) is 0 Å². The lowest BCUT2D eigenvalue weighted by atomic mass is 9.78. The van der Waals surface area contributed by atoms with Gasteiger partial charge in [0.25, 0.3) is 0 Å². The van der Waals surface area contributed by atoms with Gasteiger partial charge >= 0.3 is 0 Å². The van der Waals surface area contributed by atoms with Crippen LogP contribution >= 0.6 is 0 Å². The van der Waals surface area contributed by atoms with Gasteiger partial charge in [0.15, 0.2) is 0 Å². The SMILES string of the molecule is O=C1Nc2ccccc2C12CCCC2O. The topological polar surface area (TPSA) is 49.3 Å². The fourth-order valence-electron chi connectivity index (χ4n) is 2.90. The smallest absolute Gasteiger partial charge is 0.237 e. The molecule has 0 bridgehead atoms. The van der Waals surface area contributed by atoms with Crippen molar-refractivity contribution in [3.63, 3.8) is 0 Å². The zero-order chi connectivity index (χ0) is 10.5. The first-order chi connectivity index (χ1) is 7.25. The van der Waals surface area contributed by atoms with Crippen molar-refractivity contribution in [3.8, 4) is 0 Å². The summed E-state index contributed by atoms with van der Waals surface area (Å²) < 4.78 is 0. The average molecular weight is 203 g/mol. The van der Waals surface area contributed by atoms with Gasteiger partial charge in [-0.25, -0.2) is 0 Å². The largest absolute Gasteiger partial charge is 0.392 e. The third kappa shape index (κ3) is 0.960. The minimum atomic E-state index is -0.656. The zero-order valence-electron chi connectivity index (χ0n) is 8.36. The number of carbonyl (C=O) groups excluding carboxylic acids is 1. The Balaban J connectivity index is 2.21. The number of nitrogens with one attached hydrogen (secondary N) is 1. The summed E-state index contributed by atoms with van der Waals surface area (Å²) in [6, 6.07) is 7.67. The Morgan fingerprint density at radius 2 is 2.20 bits per heavy atom. The molecule has 1 aromatic carbocycles. The van der Waals surface area contributed by atoms with Crippen molar-refractivity contribution in [2.24, 2.45) is 0 Å². The molecule has 0 aromatic heterocycles. The van der Waals surface area contributed by atoms with Crippen molar-refractivity contribution >= 4 is 11.6 Å². The first kappa shape index (κ1) is 8.92. The lowest BCUT2D eigenvalue weighted by Gasteiger charge is -2.25. The van der Waals surface area contributed by atoms with E-state index in [4.69, 9.17) is 0 Å². The fourth-order valence-corrected chi connectivity index (χ4v) is 2.90. The molecule has 2 aliphatic rings. The van der Waals surface area contributed by atoms with Gasteiger partial charge in [0, 0.05) is 5.69 Å². The van der Waals surface area contributed by atoms with Gasteiger partial charge in [-0.05, 0) is 30.9 Å². The number of rotatable bonds is 0. The molecule has 1 aromatic rings. The summed E-state index contributed by atoms with van der Waals surface area (Å²) in [6.07, 6.45) is 1.88. The highest BCUT2D eigenvalue weighted by Crippen LogP contribution is 2.48. The molecule has 1 spiro atoms. The number of hydrogen-bond donors (Lipinski definition) is 2. The van der Waals surface area contributed by atoms with Gasteiger partial charge in [-0.15, -0.1) is 0 Å². The number of hydrogen-bond acceptors (Lipinski definition) is 2. The minimum absolute atomic E-state index is 0.0336. The van der Waals surface area contributed by atoms with Crippen LogP contribution in [0.1, 0.15) is 24.8 Å². The monoisotopic (exact) mass is 203 g/mol. The number of aliphatic hydroxyl groups is 1. The van der Waals surface area contributed by atoms with Gasteiger partial charge in [-0.1, -0.05) is 18.2 Å². The van der Waals surface area contributed by atoms with Crippen molar-refractivity contribution in [1.82, 2.24) is 0 Å². The Labute approximate surface area is 88.1 Å². The molecule has 3 nitrogen and oxygen atoms in total. The average Bonchev–Trinajstić information content (AvgIpc) is 2.74. The van der Waals surface area contributed by atoms with E-state index in [9.17, 15) is 9.90 Å². The van der Waals surface area contributed by atoms with Crippen molar-refractivity contribution < 1.29 is 9.90 Å². The number of anilines is 1. The number of para-hydroxylation sites is 1. The van der Waals surface area contributed by atoms with E-state index in [0.29, 0.717) is 0 Å². The van der Waals surface area contributed by atoms with Crippen molar-refractivity contribution in [2.45, 2.75) is 30.8 Å². The Bertz CT molecular complexity index is 429. The molecule has 1 amide bonds. The molecule has 0 radical (unpaired) electrons. The highest BCUT2D eigenvalue weighted by atomic mass is 16.3. The van der Waals surface area contributed by atoms with Gasteiger partial charge < -0.3 is 10.4 Å². The van der Waals surface area contributed by atoms with Crippen LogP contribution in [0.2, 0.25) is 0 Å². The van der Waals surface area contributed by atoms with Crippen LogP contribution in [-0.2, 0) is 10.2 Å². The second-order valence-electron chi connectivity index (χ2n) is 4.38. The van der Waals surface area contributed by atoms with Crippen molar-refractivity contribution in [3.05, 3.63) is 29.8 Å². The Morgan fingerprint density at radius 3 is 2.93 bits per heavy atom. The highest BCUT2D eigenvalue weighted by molar-refractivity contribution is 6.07. The molecule has 2 atom stereocenters. The maximum absolute atomic E-state index is 12.0. The van der Waals surface area contributed by atoms with E-state index >= 15 is 0 Å². The standard InChI is InChI=1S/C12H13NO2/c14-10-6-3-7-12(10)8-4-1-2-5-9(8)13-11(12)15/h1-2,4-5,10,14H,3,6-7H2,(H,13,15). The first-order valence-electron chi connectivity index (χ1n) is 5.34. The van der Waals surface area contributed by atoms with Crippen LogP contribution in [0.4, 0.5) is 5.69 Å². The molecule has 1 aliphatic heterocycles. The number of aliphatic hydroxyl groups excluding tert-OH is 1. The lowest BCUT2D eigenvalue weighted by Crippen LogP contribution is -2.41. The summed E-state index contributed by atoms with van der Waals surface area (Å²) in [6.45, 7) is 0. The zero-order valence-corrected chi connectivity index (χ0v) is 8.36. The van der Waals surface area contributed by atoms with Crippen molar-refractivity contribution in [2.75, 3.05) is 5.32 Å². The molecular formula is C12H13NO2. The number of benzene rings is 1. The molecular weight excluding hydrogens is 190 g/mol. The molecule has 2 unspecified atom stereocenters. The van der Waals surface area contributed by atoms with E-state index < -0.39 is 11.5 Å². The van der Waals surface area contributed by atoms with E-state index in [-0.39, 0.29) is 5.91 Å². The minimum Gasteiger partial charge on any atom is -0.392 e. The second kappa shape index (κ2) is 2.83. The van der Waals surface area contributed by atoms with Crippen LogP contribution in [0.3, 0.4) is 0 Å². The van der Waals surface area contributed by atoms with E-state index in [0.717, 1.165) is 30.5 Å². The Kier molecular flexibility index (Phi) is 1.68. The normalized spacial score (nSPS) is 33.1. The van der Waals surface area contributed by atoms with Gasteiger partial charge in [0.1, 0.15) is 5.41 Å². The van der Waals surface area contributed by atoms with E-state index in [2.05, 4.69) is 5.32 Å². The summed E-state index contributed by atoms with van der Waals surface area (Å²) >= 11 is 0. The quantitative estimate of drug-likeness (QED) is 0.670. The lowest BCUT2D eigenvalue weighted by molar-refractivity contribution is -0.123. The van der Waals surface area contributed by atoms with Gasteiger partial charge in [-0.2, -0.15) is 0 Å². The molecule has 15 heavy (non-hydrogen) atoms. The summed E-state index contributed by atoms with van der Waals surface area (Å²) in [4.78, 5) is 12.0. The summed E-state index contributed by atoms with van der Waals surface area (Å²) in [5, 5.41) is 12.9. The molecule has 1 heterocycles. The maximum atomic E-state index is 12.0. The van der Waals surface area contributed by atoms with Gasteiger partial charge in [-0.3, -0.25) is 4.79 Å². The summed E-state index contributed by atoms with van der Waals surface area (Å²) in [7, 11) is 0. The van der Waals surface area contributed by atoms with Crippen LogP contribution in [0, 0.1) is 0 Å². The van der Waals surface area contributed by atoms with Crippen LogP contribution in [0.15, 0.2) is 24.3 Å². The van der Waals surface area contributed by atoms with Gasteiger partial charge in [0.05, 0.1) is 6.10 Å². The summed E-state index contributed by atoms with van der Waals surface area (Å²) in [5.41, 5.74) is 1.18. The molecule has 1 fully saturated rings. The molecule has 78 valence electrons. The second-order valence-corrected chi connectivity index (χ2v) is 4.38. The van der Waals surface area contributed by atoms with Crippen LogP contribution in [-0.4, -0.2) is 17.1 Å². The molecule has 1 saturated carbocycles. The number of amides is 1. The highest BCUT2D eigenvalue weighted by Gasteiger charge is 2.54. The maximum Gasteiger partial charge on any atom is 0.237 e. The summed E-state index contributed by atoms with van der Waals surface area (Å²) in [5.74, 6) is -0.0336. The molecule has 1 aliphatic carbocycles. The van der Waals surface area contributed by atoms with Gasteiger partial charge in [0.2, 0.25) is 5.91 Å². The third-order valence-corrected chi connectivity index (χ3v) is 3.68. The van der Waals surface area contributed by atoms with Crippen LogP contribution in [0.25, 0.3) is 0 Å². The van der Waals surface area contributed by atoms with E-state index in [1.54, 1.807) is 0 Å². The van der Waals surface area contributed by atoms with Crippen LogP contribution < -0.4 is 5.32 Å². The number of fused-ring (bicyclic) bond motifs is 2. The van der Waals surface area contributed by atoms with Crippen LogP contribution in [0.5, 0.6) is 0 Å². The Hall–Kier alpha value is -1.35. The molecule has 3 rings (SSSR count). The third-order valence-electron chi connectivity index (χ3n) is 3.68. The fraction of sp³-hybridized carbons (Fsp3) is 0.417. The predicted molar refractivity (Wildman–Crippen MR) is 56.6 cm³/mol. The molecule has 2 N–H and O–H groups in total. The van der Waals surface area contributed by atoms with E-state index in [1.165, 1.54) is 0 Å². The molecule has 0 saturated heterocycles. The number of carbonyl (C=O) groups is 1. The molecule has 3 heteroatoms. The Morgan fingerprint density at radius 1 is 1.40 bits per heavy atom.